The van der Waals surface area contributed by atoms with Crippen molar-refractivity contribution < 1.29 is 5.11 Å². The number of benzene rings is 1. The van der Waals surface area contributed by atoms with Crippen LogP contribution in [0.4, 0.5) is 5.69 Å². The van der Waals surface area contributed by atoms with Gasteiger partial charge < -0.3 is 14.6 Å². The molecule has 0 bridgehead atoms. The summed E-state index contributed by atoms with van der Waals surface area (Å²) in [5.74, 6) is 0. The highest BCUT2D eigenvalue weighted by Gasteiger charge is 2.25. The Bertz CT molecular complexity index is 772. The van der Waals surface area contributed by atoms with Gasteiger partial charge in [-0.05, 0) is 50.3 Å². The zero-order valence-electron chi connectivity index (χ0n) is 13.0. The quantitative estimate of drug-likeness (QED) is 0.879. The topological polar surface area (TPSA) is 45.5 Å². The van der Waals surface area contributed by atoms with E-state index in [1.54, 1.807) is 6.07 Å². The molecule has 116 valence electrons. The Kier molecular flexibility index (Phi) is 3.22. The van der Waals surface area contributed by atoms with E-state index in [0.29, 0.717) is 6.04 Å². The minimum Gasteiger partial charge on any atom is -0.393 e. The van der Waals surface area contributed by atoms with Gasteiger partial charge in [-0.2, -0.15) is 0 Å². The van der Waals surface area contributed by atoms with Gasteiger partial charge in [-0.1, -0.05) is 0 Å². The van der Waals surface area contributed by atoms with Gasteiger partial charge in [0.05, 0.1) is 11.6 Å². The zero-order chi connectivity index (χ0) is 15.3. The molecule has 4 heteroatoms. The molecule has 4 nitrogen and oxygen atoms in total. The van der Waals surface area contributed by atoms with Gasteiger partial charge in [0.2, 0.25) is 0 Å². The molecule has 0 spiro atoms. The Hall–Kier alpha value is -1.81. The number of piperidine rings is 1. The molecule has 2 aliphatic rings. The molecule has 0 radical (unpaired) electrons. The third kappa shape index (κ3) is 2.05. The maximum atomic E-state index is 12.2. The van der Waals surface area contributed by atoms with Crippen molar-refractivity contribution in [3.63, 3.8) is 0 Å². The van der Waals surface area contributed by atoms with Crippen molar-refractivity contribution in [3.8, 4) is 0 Å². The molecule has 3 heterocycles. The van der Waals surface area contributed by atoms with Crippen LogP contribution in [-0.2, 0) is 6.42 Å². The number of aromatic nitrogens is 1. The van der Waals surface area contributed by atoms with Gasteiger partial charge in [-0.3, -0.25) is 4.79 Å². The second-order valence-corrected chi connectivity index (χ2v) is 6.65. The zero-order valence-corrected chi connectivity index (χ0v) is 13.0. The molecular formula is C18H22N2O2. The normalized spacial score (nSPS) is 22.3. The van der Waals surface area contributed by atoms with Crippen LogP contribution in [0, 0.1) is 0 Å². The lowest BCUT2D eigenvalue weighted by atomic mass is 9.94. The van der Waals surface area contributed by atoms with Crippen LogP contribution in [0.3, 0.4) is 0 Å². The van der Waals surface area contributed by atoms with Crippen molar-refractivity contribution in [1.82, 2.24) is 4.57 Å². The molecule has 22 heavy (non-hydrogen) atoms. The van der Waals surface area contributed by atoms with E-state index < -0.39 is 0 Å². The monoisotopic (exact) mass is 298 g/mol. The fourth-order valence-electron chi connectivity index (χ4n) is 3.94. The van der Waals surface area contributed by atoms with Crippen molar-refractivity contribution >= 4 is 16.6 Å². The van der Waals surface area contributed by atoms with Crippen LogP contribution >= 0.6 is 0 Å². The average Bonchev–Trinajstić information content (AvgIpc) is 2.53. The summed E-state index contributed by atoms with van der Waals surface area (Å²) >= 11 is 0. The van der Waals surface area contributed by atoms with Gasteiger partial charge in [0.15, 0.2) is 5.43 Å². The molecule has 0 amide bonds. The molecule has 2 aliphatic heterocycles. The summed E-state index contributed by atoms with van der Waals surface area (Å²) in [6.07, 6.45) is 5.58. The summed E-state index contributed by atoms with van der Waals surface area (Å²) in [4.78, 5) is 14.6. The summed E-state index contributed by atoms with van der Waals surface area (Å²) < 4.78 is 2.26. The molecule has 1 saturated heterocycles. The molecule has 1 aromatic carbocycles. The highest BCUT2D eigenvalue weighted by Crippen LogP contribution is 2.36. The predicted octanol–water partition coefficient (Wildman–Crippen LogP) is 2.47. The fourth-order valence-corrected chi connectivity index (χ4v) is 3.94. The first-order valence-corrected chi connectivity index (χ1v) is 8.25. The van der Waals surface area contributed by atoms with Crippen molar-refractivity contribution in [3.05, 3.63) is 40.2 Å². The summed E-state index contributed by atoms with van der Waals surface area (Å²) in [5.41, 5.74) is 3.80. The number of anilines is 1. The Morgan fingerprint density at radius 3 is 2.68 bits per heavy atom. The third-order valence-electron chi connectivity index (χ3n) is 5.26. The van der Waals surface area contributed by atoms with Crippen LogP contribution in [0.25, 0.3) is 10.9 Å². The van der Waals surface area contributed by atoms with E-state index in [4.69, 9.17) is 0 Å². The summed E-state index contributed by atoms with van der Waals surface area (Å²) in [6.45, 7) is 4.01. The first-order chi connectivity index (χ1) is 10.6. The van der Waals surface area contributed by atoms with Crippen LogP contribution in [0.2, 0.25) is 0 Å². The van der Waals surface area contributed by atoms with Gasteiger partial charge in [0, 0.05) is 42.5 Å². The molecule has 1 aromatic heterocycles. The number of aliphatic hydroxyl groups is 1. The number of hydrogen-bond donors (Lipinski definition) is 1. The molecule has 4 rings (SSSR count). The minimum absolute atomic E-state index is 0.113. The lowest BCUT2D eigenvalue weighted by Gasteiger charge is -2.35. The number of hydrogen-bond acceptors (Lipinski definition) is 3. The van der Waals surface area contributed by atoms with Gasteiger partial charge in [0.1, 0.15) is 0 Å². The molecule has 1 atom stereocenters. The Balaban J connectivity index is 1.90. The van der Waals surface area contributed by atoms with E-state index in [2.05, 4.69) is 22.5 Å². The van der Waals surface area contributed by atoms with E-state index in [-0.39, 0.29) is 11.5 Å². The maximum absolute atomic E-state index is 12.2. The highest BCUT2D eigenvalue weighted by atomic mass is 16.3. The fraction of sp³-hybridized carbons (Fsp3) is 0.500. The van der Waals surface area contributed by atoms with Crippen LogP contribution in [0.15, 0.2) is 29.2 Å². The number of nitrogens with zero attached hydrogens (tertiary/aromatic N) is 2. The van der Waals surface area contributed by atoms with E-state index >= 15 is 0 Å². The lowest BCUT2D eigenvalue weighted by molar-refractivity contribution is 0.145. The molecular weight excluding hydrogens is 276 g/mol. The van der Waals surface area contributed by atoms with E-state index in [1.165, 1.54) is 11.3 Å². The van der Waals surface area contributed by atoms with E-state index in [1.807, 2.05) is 12.3 Å². The molecule has 2 aromatic rings. The number of pyridine rings is 1. The van der Waals surface area contributed by atoms with Crippen LogP contribution < -0.4 is 10.3 Å². The van der Waals surface area contributed by atoms with Crippen LogP contribution in [0.5, 0.6) is 0 Å². The minimum atomic E-state index is -0.161. The Labute approximate surface area is 130 Å². The molecule has 1 fully saturated rings. The van der Waals surface area contributed by atoms with Crippen LogP contribution in [0.1, 0.15) is 37.8 Å². The number of aliphatic hydroxyl groups excluding tert-OH is 1. The smallest absolute Gasteiger partial charge is 0.189 e. The van der Waals surface area contributed by atoms with Gasteiger partial charge in [0.25, 0.3) is 0 Å². The maximum Gasteiger partial charge on any atom is 0.189 e. The van der Waals surface area contributed by atoms with Crippen molar-refractivity contribution in [2.75, 3.05) is 18.0 Å². The highest BCUT2D eigenvalue weighted by molar-refractivity contribution is 5.88. The summed E-state index contributed by atoms with van der Waals surface area (Å²) in [6, 6.07) is 6.21. The standard InChI is InChI=1S/C18H22N2O2/c1-12-2-3-14-16(19-9-6-13(21)7-10-19)5-4-15-17(22)8-11-20(12)18(14)15/h4-5,8,11-13,21H,2-3,6-7,9-10H2,1H3. The molecule has 1 N–H and O–H groups in total. The van der Waals surface area contributed by atoms with Crippen molar-refractivity contribution in [1.29, 1.82) is 0 Å². The van der Waals surface area contributed by atoms with Crippen LogP contribution in [-0.4, -0.2) is 28.9 Å². The first kappa shape index (κ1) is 13.8. The summed E-state index contributed by atoms with van der Waals surface area (Å²) in [5, 5.41) is 10.6. The van der Waals surface area contributed by atoms with Gasteiger partial charge in [-0.25, -0.2) is 0 Å². The van der Waals surface area contributed by atoms with E-state index in [0.717, 1.165) is 49.7 Å². The van der Waals surface area contributed by atoms with E-state index in [9.17, 15) is 9.90 Å². The molecule has 0 saturated carbocycles. The second-order valence-electron chi connectivity index (χ2n) is 6.65. The molecule has 0 aliphatic carbocycles. The third-order valence-corrected chi connectivity index (χ3v) is 5.26. The predicted molar refractivity (Wildman–Crippen MR) is 88.7 cm³/mol. The van der Waals surface area contributed by atoms with Crippen molar-refractivity contribution in [2.45, 2.75) is 44.8 Å². The van der Waals surface area contributed by atoms with Crippen molar-refractivity contribution in [2.24, 2.45) is 0 Å². The first-order valence-electron chi connectivity index (χ1n) is 8.25. The Morgan fingerprint density at radius 2 is 1.91 bits per heavy atom. The SMILES string of the molecule is CC1CCc2c(N3CCC(O)CC3)ccc3c(=O)ccn1c23. The average molecular weight is 298 g/mol. The molecule has 1 unspecified atom stereocenters. The Morgan fingerprint density at radius 1 is 1.14 bits per heavy atom. The second kappa shape index (κ2) is 5.13. The lowest BCUT2D eigenvalue weighted by Crippen LogP contribution is -2.36. The largest absolute Gasteiger partial charge is 0.393 e. The van der Waals surface area contributed by atoms with Gasteiger partial charge in [-0.15, -0.1) is 0 Å². The number of rotatable bonds is 1. The van der Waals surface area contributed by atoms with Gasteiger partial charge >= 0.3 is 0 Å². The number of aryl methyl sites for hydroxylation is 1. The summed E-state index contributed by atoms with van der Waals surface area (Å²) in [7, 11) is 0.